The number of carbonyl (C=O) groups is 2. The maximum absolute atomic E-state index is 12.6. The number of unbranched alkanes of at least 4 members (excludes halogenated alkanes) is 22. The highest BCUT2D eigenvalue weighted by Crippen LogP contribution is 2.43. The average Bonchev–Trinajstić information content (AvgIpc) is 3.08. The van der Waals surface area contributed by atoms with Gasteiger partial charge in [0.1, 0.15) is 6.61 Å². The molecule has 0 spiro atoms. The zero-order chi connectivity index (χ0) is 37.0. The van der Waals surface area contributed by atoms with Gasteiger partial charge < -0.3 is 19.3 Å². The summed E-state index contributed by atoms with van der Waals surface area (Å²) < 4.78 is 33.4. The van der Waals surface area contributed by atoms with E-state index in [2.05, 4.69) is 26.0 Å². The molecule has 2 atom stereocenters. The highest BCUT2D eigenvalue weighted by atomic mass is 31.2. The SMILES string of the molecule is CCCCCC/C=C\CCCCCCCCCC(=O)OCC(COP(=O)(O)OCCN(C)C)OC(=O)CCCCCCCCCCCCCC. The second-order valence-electron chi connectivity index (χ2n) is 14.2. The molecule has 1 N–H and O–H groups in total. The minimum atomic E-state index is -4.35. The average molecular weight is 732 g/mol. The number of phosphoric ester groups is 1. The van der Waals surface area contributed by atoms with Gasteiger partial charge in [-0.2, -0.15) is 0 Å². The minimum absolute atomic E-state index is 0.00970. The number of phosphoric acid groups is 1. The molecule has 0 rings (SSSR count). The summed E-state index contributed by atoms with van der Waals surface area (Å²) in [6, 6.07) is 0. The van der Waals surface area contributed by atoms with Crippen molar-refractivity contribution in [3.05, 3.63) is 12.2 Å². The molecule has 0 heterocycles. The Morgan fingerprint density at radius 2 is 1.02 bits per heavy atom. The highest BCUT2D eigenvalue weighted by Gasteiger charge is 2.26. The lowest BCUT2D eigenvalue weighted by Gasteiger charge is -2.20. The summed E-state index contributed by atoms with van der Waals surface area (Å²) in [7, 11) is -0.704. The van der Waals surface area contributed by atoms with E-state index in [0.717, 1.165) is 32.1 Å². The van der Waals surface area contributed by atoms with Crippen LogP contribution in [-0.2, 0) is 32.7 Å². The Morgan fingerprint density at radius 3 is 1.50 bits per heavy atom. The van der Waals surface area contributed by atoms with Gasteiger partial charge in [-0.05, 0) is 52.6 Å². The molecule has 296 valence electrons. The second-order valence-corrected chi connectivity index (χ2v) is 15.6. The molecule has 0 aliphatic carbocycles. The standard InChI is InChI=1S/C40H78NO8P/c1-5-7-9-11-13-15-17-19-20-21-23-24-26-28-30-32-39(42)46-36-38(37-48-50(44,45)47-35-34-41(3)4)49-40(43)33-31-29-27-25-22-18-16-14-12-10-8-6-2/h15,17,38H,5-14,16,18-37H2,1-4H3,(H,44,45)/b17-15-. The van der Waals surface area contributed by atoms with Crippen molar-refractivity contribution < 1.29 is 37.6 Å². The van der Waals surface area contributed by atoms with Crippen molar-refractivity contribution in [3.63, 3.8) is 0 Å². The number of rotatable bonds is 38. The quantitative estimate of drug-likeness (QED) is 0.0287. The largest absolute Gasteiger partial charge is 0.472 e. The minimum Gasteiger partial charge on any atom is -0.462 e. The van der Waals surface area contributed by atoms with Crippen molar-refractivity contribution in [1.82, 2.24) is 4.90 Å². The van der Waals surface area contributed by atoms with Crippen molar-refractivity contribution in [3.8, 4) is 0 Å². The van der Waals surface area contributed by atoms with E-state index in [1.165, 1.54) is 122 Å². The molecule has 2 unspecified atom stereocenters. The maximum Gasteiger partial charge on any atom is 0.472 e. The van der Waals surface area contributed by atoms with Gasteiger partial charge in [-0.25, -0.2) is 4.57 Å². The van der Waals surface area contributed by atoms with Crippen LogP contribution in [0.4, 0.5) is 0 Å². The number of nitrogens with zero attached hydrogens (tertiary/aromatic N) is 1. The summed E-state index contributed by atoms with van der Waals surface area (Å²) in [6.07, 6.45) is 33.9. The third-order valence-electron chi connectivity index (χ3n) is 8.82. The fourth-order valence-electron chi connectivity index (χ4n) is 5.62. The molecule has 0 aromatic rings. The maximum atomic E-state index is 12.6. The van der Waals surface area contributed by atoms with Crippen molar-refractivity contribution >= 4 is 19.8 Å². The third-order valence-corrected chi connectivity index (χ3v) is 9.81. The molecule has 9 nitrogen and oxygen atoms in total. The van der Waals surface area contributed by atoms with Gasteiger partial charge in [0.15, 0.2) is 6.10 Å². The molecule has 0 fully saturated rings. The Morgan fingerprint density at radius 1 is 0.600 bits per heavy atom. The summed E-state index contributed by atoms with van der Waals surface area (Å²) in [5.74, 6) is -0.802. The first-order valence-corrected chi connectivity index (χ1v) is 22.0. The Hall–Kier alpha value is -1.25. The normalized spacial score (nSPS) is 13.6. The van der Waals surface area contributed by atoms with Crippen molar-refractivity contribution in [2.75, 3.05) is 40.5 Å². The molecule has 0 aromatic heterocycles. The van der Waals surface area contributed by atoms with E-state index in [9.17, 15) is 19.0 Å². The Balaban J connectivity index is 4.30. The number of hydrogen-bond donors (Lipinski definition) is 1. The van der Waals surface area contributed by atoms with Crippen LogP contribution in [0.25, 0.3) is 0 Å². The predicted octanol–water partition coefficient (Wildman–Crippen LogP) is 11.3. The van der Waals surface area contributed by atoms with Crippen molar-refractivity contribution in [2.45, 2.75) is 193 Å². The molecular weight excluding hydrogens is 653 g/mol. The zero-order valence-electron chi connectivity index (χ0n) is 32.9. The Bertz CT molecular complexity index is 853. The summed E-state index contributed by atoms with van der Waals surface area (Å²) >= 11 is 0. The summed E-state index contributed by atoms with van der Waals surface area (Å²) in [5, 5.41) is 0. The molecule has 50 heavy (non-hydrogen) atoms. The molecule has 0 amide bonds. The highest BCUT2D eigenvalue weighted by molar-refractivity contribution is 7.47. The lowest BCUT2D eigenvalue weighted by atomic mass is 10.0. The zero-order valence-corrected chi connectivity index (χ0v) is 33.7. The molecule has 0 aromatic carbocycles. The van der Waals surface area contributed by atoms with Gasteiger partial charge in [-0.15, -0.1) is 0 Å². The molecule has 0 bridgehead atoms. The van der Waals surface area contributed by atoms with E-state index >= 15 is 0 Å². The third kappa shape index (κ3) is 36.5. The fraction of sp³-hybridized carbons (Fsp3) is 0.900. The molecule has 10 heteroatoms. The Kier molecular flexibility index (Phi) is 35.2. The van der Waals surface area contributed by atoms with Gasteiger partial charge in [0.2, 0.25) is 0 Å². The first kappa shape index (κ1) is 48.8. The number of allylic oxidation sites excluding steroid dienone is 2. The van der Waals surface area contributed by atoms with Crippen LogP contribution in [0.2, 0.25) is 0 Å². The van der Waals surface area contributed by atoms with Crippen LogP contribution in [0, 0.1) is 0 Å². The second kappa shape index (κ2) is 36.1. The lowest BCUT2D eigenvalue weighted by Crippen LogP contribution is -2.29. The van der Waals surface area contributed by atoms with Gasteiger partial charge in [-0.3, -0.25) is 18.6 Å². The first-order chi connectivity index (χ1) is 24.2. The van der Waals surface area contributed by atoms with E-state index in [4.69, 9.17) is 18.5 Å². The van der Waals surface area contributed by atoms with Crippen LogP contribution in [-0.4, -0.2) is 68.3 Å². The summed E-state index contributed by atoms with van der Waals surface area (Å²) in [5.41, 5.74) is 0. The molecule has 0 aliphatic heterocycles. The monoisotopic (exact) mass is 732 g/mol. The van der Waals surface area contributed by atoms with Gasteiger partial charge in [-0.1, -0.05) is 148 Å². The predicted molar refractivity (Wildman–Crippen MR) is 206 cm³/mol. The number of carbonyl (C=O) groups excluding carboxylic acids is 2. The number of ether oxygens (including phenoxy) is 2. The van der Waals surface area contributed by atoms with Crippen LogP contribution < -0.4 is 0 Å². The van der Waals surface area contributed by atoms with Gasteiger partial charge in [0, 0.05) is 19.4 Å². The Labute approximate surface area is 307 Å². The van der Waals surface area contributed by atoms with Crippen LogP contribution >= 0.6 is 7.82 Å². The van der Waals surface area contributed by atoms with E-state index < -0.39 is 26.5 Å². The lowest BCUT2D eigenvalue weighted by molar-refractivity contribution is -0.161. The number of likely N-dealkylation sites (N-methyl/N-ethyl adjacent to an activating group) is 1. The summed E-state index contributed by atoms with van der Waals surface area (Å²) in [4.78, 5) is 36.9. The molecular formula is C40H78NO8P. The molecule has 0 radical (unpaired) electrons. The van der Waals surface area contributed by atoms with E-state index in [1.54, 1.807) is 0 Å². The topological polar surface area (TPSA) is 112 Å². The molecule has 0 saturated carbocycles. The fourth-order valence-corrected chi connectivity index (χ4v) is 6.36. The first-order valence-electron chi connectivity index (χ1n) is 20.5. The van der Waals surface area contributed by atoms with Gasteiger partial charge in [0.25, 0.3) is 0 Å². The molecule has 0 saturated heterocycles. The van der Waals surface area contributed by atoms with E-state index in [1.807, 2.05) is 19.0 Å². The van der Waals surface area contributed by atoms with Gasteiger partial charge >= 0.3 is 19.8 Å². The summed E-state index contributed by atoms with van der Waals surface area (Å²) in [6.45, 7) is 4.31. The van der Waals surface area contributed by atoms with E-state index in [-0.39, 0.29) is 32.0 Å². The van der Waals surface area contributed by atoms with Crippen molar-refractivity contribution in [1.29, 1.82) is 0 Å². The van der Waals surface area contributed by atoms with Crippen LogP contribution in [0.15, 0.2) is 12.2 Å². The van der Waals surface area contributed by atoms with Crippen molar-refractivity contribution in [2.24, 2.45) is 0 Å². The van der Waals surface area contributed by atoms with Crippen LogP contribution in [0.5, 0.6) is 0 Å². The number of hydrogen-bond acceptors (Lipinski definition) is 8. The van der Waals surface area contributed by atoms with Crippen LogP contribution in [0.3, 0.4) is 0 Å². The van der Waals surface area contributed by atoms with Gasteiger partial charge in [0.05, 0.1) is 13.2 Å². The molecule has 0 aliphatic rings. The van der Waals surface area contributed by atoms with Crippen LogP contribution in [0.1, 0.15) is 187 Å². The van der Waals surface area contributed by atoms with E-state index in [0.29, 0.717) is 13.0 Å². The smallest absolute Gasteiger partial charge is 0.462 e. The number of esters is 2.